The van der Waals surface area contributed by atoms with Crippen LogP contribution in [-0.2, 0) is 0 Å². The van der Waals surface area contributed by atoms with E-state index in [9.17, 15) is 0 Å². The van der Waals surface area contributed by atoms with Gasteiger partial charge in [0, 0.05) is 0 Å². The van der Waals surface area contributed by atoms with Crippen LogP contribution in [0.15, 0.2) is 36.4 Å². The van der Waals surface area contributed by atoms with Gasteiger partial charge in [0.1, 0.15) is 0 Å². The minimum atomic E-state index is 1.31. The fourth-order valence-corrected chi connectivity index (χ4v) is 2.36. The smallest absolute Gasteiger partial charge is 0.0125 e. The van der Waals surface area contributed by atoms with Crippen LogP contribution in [0.3, 0.4) is 0 Å². The Labute approximate surface area is 97.9 Å². The van der Waals surface area contributed by atoms with E-state index in [1.54, 1.807) is 0 Å². The van der Waals surface area contributed by atoms with Gasteiger partial charge in [-0.3, -0.25) is 0 Å². The quantitative estimate of drug-likeness (QED) is 0.646. The van der Waals surface area contributed by atoms with Crippen LogP contribution in [0.5, 0.6) is 0 Å². The van der Waals surface area contributed by atoms with Crippen LogP contribution in [0.2, 0.25) is 0 Å². The van der Waals surface area contributed by atoms with Gasteiger partial charge < -0.3 is 0 Å². The third-order valence-electron chi connectivity index (χ3n) is 3.02. The molecule has 0 aliphatic carbocycles. The second-order valence-electron chi connectivity index (χ2n) is 4.64. The average molecular weight is 210 g/mol. The van der Waals surface area contributed by atoms with Gasteiger partial charge in [0.25, 0.3) is 0 Å². The maximum absolute atomic E-state index is 2.25. The van der Waals surface area contributed by atoms with Crippen molar-refractivity contribution in [2.24, 2.45) is 0 Å². The van der Waals surface area contributed by atoms with Gasteiger partial charge in [-0.25, -0.2) is 0 Å². The highest BCUT2D eigenvalue weighted by Gasteiger charge is 2.05. The molecule has 0 unspecified atom stereocenters. The lowest BCUT2D eigenvalue weighted by molar-refractivity contribution is 1.32. The summed E-state index contributed by atoms with van der Waals surface area (Å²) in [5.74, 6) is 0. The molecule has 0 aromatic heterocycles. The van der Waals surface area contributed by atoms with Crippen LogP contribution in [0.25, 0.3) is 11.1 Å². The lowest BCUT2D eigenvalue weighted by Crippen LogP contribution is -1.90. The molecule has 0 heterocycles. The first kappa shape index (κ1) is 10.9. The minimum absolute atomic E-state index is 1.31. The van der Waals surface area contributed by atoms with Crippen molar-refractivity contribution in [3.8, 4) is 11.1 Å². The summed E-state index contributed by atoms with van der Waals surface area (Å²) in [4.78, 5) is 0. The minimum Gasteiger partial charge on any atom is -0.0587 e. The van der Waals surface area contributed by atoms with E-state index in [1.807, 2.05) is 0 Å². The summed E-state index contributed by atoms with van der Waals surface area (Å²) in [5.41, 5.74) is 8.07. The summed E-state index contributed by atoms with van der Waals surface area (Å²) in [6.07, 6.45) is 0. The summed E-state index contributed by atoms with van der Waals surface area (Å²) < 4.78 is 0. The van der Waals surface area contributed by atoms with Crippen molar-refractivity contribution < 1.29 is 0 Å². The number of rotatable bonds is 1. The van der Waals surface area contributed by atoms with Crippen LogP contribution in [0.1, 0.15) is 22.3 Å². The molecule has 0 nitrogen and oxygen atoms in total. The SMILES string of the molecule is Cc1ccc(-c2c(C)cc(C)cc2C)cc1. The predicted octanol–water partition coefficient (Wildman–Crippen LogP) is 4.59. The Morgan fingerprint density at radius 3 is 1.62 bits per heavy atom. The first-order valence-corrected chi connectivity index (χ1v) is 5.73. The molecule has 0 bridgehead atoms. The number of hydrogen-bond acceptors (Lipinski definition) is 0. The van der Waals surface area contributed by atoms with Crippen molar-refractivity contribution in [2.75, 3.05) is 0 Å². The summed E-state index contributed by atoms with van der Waals surface area (Å²) >= 11 is 0. The molecule has 0 N–H and O–H groups in total. The summed E-state index contributed by atoms with van der Waals surface area (Å²) in [6.45, 7) is 8.65. The third kappa shape index (κ3) is 2.01. The van der Waals surface area contributed by atoms with Crippen molar-refractivity contribution in [3.63, 3.8) is 0 Å². The molecule has 82 valence electrons. The first-order valence-electron chi connectivity index (χ1n) is 5.73. The van der Waals surface area contributed by atoms with Crippen molar-refractivity contribution >= 4 is 0 Å². The molecule has 0 aliphatic rings. The second-order valence-corrected chi connectivity index (χ2v) is 4.64. The van der Waals surface area contributed by atoms with E-state index in [2.05, 4.69) is 64.1 Å². The highest BCUT2D eigenvalue weighted by molar-refractivity contribution is 5.71. The van der Waals surface area contributed by atoms with Gasteiger partial charge in [-0.2, -0.15) is 0 Å². The van der Waals surface area contributed by atoms with Crippen LogP contribution < -0.4 is 0 Å². The van der Waals surface area contributed by atoms with Crippen LogP contribution in [0.4, 0.5) is 0 Å². The Morgan fingerprint density at radius 1 is 0.625 bits per heavy atom. The van der Waals surface area contributed by atoms with E-state index in [1.165, 1.54) is 33.4 Å². The fraction of sp³-hybridized carbons (Fsp3) is 0.250. The Balaban J connectivity index is 2.60. The second kappa shape index (κ2) is 4.13. The largest absolute Gasteiger partial charge is 0.0587 e. The van der Waals surface area contributed by atoms with E-state index in [0.717, 1.165) is 0 Å². The molecule has 2 aromatic rings. The van der Waals surface area contributed by atoms with Crippen molar-refractivity contribution in [2.45, 2.75) is 27.7 Å². The van der Waals surface area contributed by atoms with Crippen LogP contribution in [0, 0.1) is 27.7 Å². The van der Waals surface area contributed by atoms with Gasteiger partial charge in [0.15, 0.2) is 0 Å². The lowest BCUT2D eigenvalue weighted by atomic mass is 9.93. The van der Waals surface area contributed by atoms with Crippen molar-refractivity contribution in [1.29, 1.82) is 0 Å². The van der Waals surface area contributed by atoms with E-state index in [4.69, 9.17) is 0 Å². The Hall–Kier alpha value is -1.56. The Morgan fingerprint density at radius 2 is 1.12 bits per heavy atom. The zero-order valence-electron chi connectivity index (χ0n) is 10.5. The molecule has 0 atom stereocenters. The molecule has 16 heavy (non-hydrogen) atoms. The molecule has 0 aliphatic heterocycles. The maximum Gasteiger partial charge on any atom is -0.0125 e. The fourth-order valence-electron chi connectivity index (χ4n) is 2.36. The third-order valence-corrected chi connectivity index (χ3v) is 3.02. The molecule has 0 heteroatoms. The number of aryl methyl sites for hydroxylation is 4. The highest BCUT2D eigenvalue weighted by atomic mass is 14.1. The number of benzene rings is 2. The van der Waals surface area contributed by atoms with Gasteiger partial charge in [0.2, 0.25) is 0 Å². The molecular weight excluding hydrogens is 192 g/mol. The number of hydrogen-bond donors (Lipinski definition) is 0. The zero-order chi connectivity index (χ0) is 11.7. The summed E-state index contributed by atoms with van der Waals surface area (Å²) in [6, 6.07) is 13.3. The van der Waals surface area contributed by atoms with Gasteiger partial charge >= 0.3 is 0 Å². The maximum atomic E-state index is 2.25. The van der Waals surface area contributed by atoms with Gasteiger partial charge in [-0.15, -0.1) is 0 Å². The molecule has 2 rings (SSSR count). The molecule has 0 saturated heterocycles. The van der Waals surface area contributed by atoms with E-state index >= 15 is 0 Å². The van der Waals surface area contributed by atoms with Crippen LogP contribution in [-0.4, -0.2) is 0 Å². The van der Waals surface area contributed by atoms with E-state index in [-0.39, 0.29) is 0 Å². The van der Waals surface area contributed by atoms with Crippen LogP contribution >= 0.6 is 0 Å². The molecule has 0 spiro atoms. The Kier molecular flexibility index (Phi) is 2.82. The zero-order valence-corrected chi connectivity index (χ0v) is 10.5. The molecule has 2 aromatic carbocycles. The monoisotopic (exact) mass is 210 g/mol. The summed E-state index contributed by atoms with van der Waals surface area (Å²) in [5, 5.41) is 0. The molecule has 0 radical (unpaired) electrons. The highest BCUT2D eigenvalue weighted by Crippen LogP contribution is 2.28. The first-order chi connectivity index (χ1) is 7.58. The van der Waals surface area contributed by atoms with E-state index < -0.39 is 0 Å². The van der Waals surface area contributed by atoms with E-state index in [0.29, 0.717) is 0 Å². The van der Waals surface area contributed by atoms with Crippen molar-refractivity contribution in [1.82, 2.24) is 0 Å². The normalized spacial score (nSPS) is 10.5. The molecule has 0 fully saturated rings. The average Bonchev–Trinajstić information content (AvgIpc) is 2.19. The predicted molar refractivity (Wildman–Crippen MR) is 70.8 cm³/mol. The Bertz CT molecular complexity index is 481. The van der Waals surface area contributed by atoms with Gasteiger partial charge in [-0.1, -0.05) is 47.5 Å². The van der Waals surface area contributed by atoms with Gasteiger partial charge in [0.05, 0.1) is 0 Å². The summed E-state index contributed by atoms with van der Waals surface area (Å²) in [7, 11) is 0. The van der Waals surface area contributed by atoms with Crippen molar-refractivity contribution in [3.05, 3.63) is 58.7 Å². The van der Waals surface area contributed by atoms with Gasteiger partial charge in [-0.05, 0) is 49.9 Å². The topological polar surface area (TPSA) is 0 Å². The molecular formula is C16H18. The lowest BCUT2D eigenvalue weighted by Gasteiger charge is -2.11. The standard InChI is InChI=1S/C16H18/c1-11-5-7-15(8-6-11)16-13(3)9-12(2)10-14(16)4/h5-10H,1-4H3. The molecule has 0 amide bonds. The molecule has 0 saturated carbocycles.